The predicted octanol–water partition coefficient (Wildman–Crippen LogP) is 2.94. The molecule has 8 nitrogen and oxygen atoms in total. The second kappa shape index (κ2) is 7.32. The topological polar surface area (TPSA) is 112 Å². The van der Waals surface area contributed by atoms with Crippen LogP contribution in [0.5, 0.6) is 0 Å². The van der Waals surface area contributed by atoms with Crippen molar-refractivity contribution in [3.8, 4) is 11.3 Å². The van der Waals surface area contributed by atoms with Crippen LogP contribution in [0.3, 0.4) is 0 Å². The van der Waals surface area contributed by atoms with Crippen LogP contribution in [0.1, 0.15) is 47.8 Å². The number of benzene rings is 1. The van der Waals surface area contributed by atoms with E-state index in [1.54, 1.807) is 10.9 Å². The fourth-order valence-corrected chi connectivity index (χ4v) is 3.41. The summed E-state index contributed by atoms with van der Waals surface area (Å²) in [6.07, 6.45) is 5.51. The summed E-state index contributed by atoms with van der Waals surface area (Å²) in [5.41, 5.74) is 8.60. The quantitative estimate of drug-likeness (QED) is 0.734. The second-order valence-corrected chi connectivity index (χ2v) is 6.96. The van der Waals surface area contributed by atoms with Crippen LogP contribution in [-0.2, 0) is 0 Å². The summed E-state index contributed by atoms with van der Waals surface area (Å²) in [5.74, 6) is -0.0512. The molecule has 0 atom stereocenters. The third-order valence-electron chi connectivity index (χ3n) is 5.06. The predicted molar refractivity (Wildman–Crippen MR) is 100 cm³/mol. The third-order valence-corrected chi connectivity index (χ3v) is 5.06. The van der Waals surface area contributed by atoms with Gasteiger partial charge in [0.25, 0.3) is 5.91 Å². The first-order valence-corrected chi connectivity index (χ1v) is 9.12. The fourth-order valence-electron chi connectivity index (χ4n) is 3.41. The van der Waals surface area contributed by atoms with Crippen LogP contribution < -0.4 is 11.1 Å². The molecule has 0 radical (unpaired) electrons. The molecule has 1 fully saturated rings. The van der Waals surface area contributed by atoms with Crippen LogP contribution in [0.15, 0.2) is 41.1 Å². The monoisotopic (exact) mass is 366 g/mol. The van der Waals surface area contributed by atoms with E-state index in [0.29, 0.717) is 11.6 Å². The normalized spacial score (nSPS) is 19.8. The summed E-state index contributed by atoms with van der Waals surface area (Å²) in [5, 5.41) is 14.9. The molecule has 0 bridgehead atoms. The number of hydrogen-bond acceptors (Lipinski definition) is 6. The Morgan fingerprint density at radius 1 is 1.22 bits per heavy atom. The van der Waals surface area contributed by atoms with E-state index in [2.05, 4.69) is 20.8 Å². The molecule has 8 heteroatoms. The molecule has 140 valence electrons. The summed E-state index contributed by atoms with van der Waals surface area (Å²) in [6.45, 7) is 1.86. The lowest BCUT2D eigenvalue weighted by Crippen LogP contribution is -2.28. The molecule has 2 aromatic heterocycles. The second-order valence-electron chi connectivity index (χ2n) is 6.96. The summed E-state index contributed by atoms with van der Waals surface area (Å²) in [4.78, 5) is 12.5. The zero-order valence-electron chi connectivity index (χ0n) is 15.1. The van der Waals surface area contributed by atoms with Gasteiger partial charge in [0.05, 0.1) is 12.2 Å². The number of nitrogens with one attached hydrogen (secondary N) is 1. The molecule has 4 rings (SSSR count). The summed E-state index contributed by atoms with van der Waals surface area (Å²) in [6, 6.07) is 10.2. The van der Waals surface area contributed by atoms with Gasteiger partial charge in [-0.1, -0.05) is 40.7 Å². The first-order valence-electron chi connectivity index (χ1n) is 9.12. The number of rotatable bonds is 4. The third kappa shape index (κ3) is 3.61. The molecule has 3 aromatic rings. The molecule has 1 aliphatic carbocycles. The van der Waals surface area contributed by atoms with Gasteiger partial charge in [0.15, 0.2) is 5.69 Å². The number of carbonyl (C=O) groups is 1. The molecule has 1 aromatic carbocycles. The number of aromatic nitrogens is 4. The van der Waals surface area contributed by atoms with Gasteiger partial charge in [0, 0.05) is 17.2 Å². The van der Waals surface area contributed by atoms with Gasteiger partial charge in [0.2, 0.25) is 5.88 Å². The Bertz CT molecular complexity index is 925. The van der Waals surface area contributed by atoms with Gasteiger partial charge in [-0.15, -0.1) is 5.10 Å². The highest BCUT2D eigenvalue weighted by Crippen LogP contribution is 2.29. The number of hydrogen-bond donors (Lipinski definition) is 2. The van der Waals surface area contributed by atoms with Crippen molar-refractivity contribution in [2.24, 2.45) is 5.73 Å². The van der Waals surface area contributed by atoms with Crippen LogP contribution in [0, 0.1) is 6.92 Å². The van der Waals surface area contributed by atoms with Crippen molar-refractivity contribution in [3.63, 3.8) is 0 Å². The number of anilines is 1. The van der Waals surface area contributed by atoms with E-state index in [1.807, 2.05) is 37.3 Å². The number of nitrogens with two attached hydrogens (primary N) is 1. The zero-order chi connectivity index (χ0) is 18.8. The minimum absolute atomic E-state index is 0.246. The average molecular weight is 366 g/mol. The van der Waals surface area contributed by atoms with Crippen LogP contribution >= 0.6 is 0 Å². The van der Waals surface area contributed by atoms with E-state index in [-0.39, 0.29) is 23.7 Å². The van der Waals surface area contributed by atoms with E-state index in [9.17, 15) is 4.79 Å². The van der Waals surface area contributed by atoms with E-state index in [1.165, 1.54) is 0 Å². The van der Waals surface area contributed by atoms with E-state index in [4.69, 9.17) is 10.3 Å². The highest BCUT2D eigenvalue weighted by molar-refractivity contribution is 6.02. The highest BCUT2D eigenvalue weighted by Gasteiger charge is 2.23. The summed E-state index contributed by atoms with van der Waals surface area (Å²) < 4.78 is 7.09. The summed E-state index contributed by atoms with van der Waals surface area (Å²) in [7, 11) is 0. The number of amides is 1. The van der Waals surface area contributed by atoms with E-state index < -0.39 is 0 Å². The first kappa shape index (κ1) is 17.4. The molecule has 27 heavy (non-hydrogen) atoms. The SMILES string of the molecule is Cc1c(-c2ccccc2)noc1NC(=O)c1cn(C2CCC(N)CC2)nn1. The first-order chi connectivity index (χ1) is 13.1. The van der Waals surface area contributed by atoms with E-state index in [0.717, 1.165) is 36.8 Å². The molecule has 2 heterocycles. The highest BCUT2D eigenvalue weighted by atomic mass is 16.5. The Morgan fingerprint density at radius 2 is 1.96 bits per heavy atom. The Morgan fingerprint density at radius 3 is 2.70 bits per heavy atom. The Kier molecular flexibility index (Phi) is 4.72. The van der Waals surface area contributed by atoms with Gasteiger partial charge in [0.1, 0.15) is 5.69 Å². The minimum Gasteiger partial charge on any atom is -0.338 e. The van der Waals surface area contributed by atoms with Gasteiger partial charge < -0.3 is 10.3 Å². The molecule has 1 aliphatic rings. The molecule has 1 saturated carbocycles. The van der Waals surface area contributed by atoms with Crippen molar-refractivity contribution in [2.75, 3.05) is 5.32 Å². The fraction of sp³-hybridized carbons (Fsp3) is 0.368. The lowest BCUT2D eigenvalue weighted by atomic mass is 9.92. The maximum atomic E-state index is 12.5. The van der Waals surface area contributed by atoms with Crippen LogP contribution in [-0.4, -0.2) is 32.1 Å². The van der Waals surface area contributed by atoms with Crippen molar-refractivity contribution in [3.05, 3.63) is 47.8 Å². The van der Waals surface area contributed by atoms with Crippen molar-refractivity contribution in [1.29, 1.82) is 0 Å². The molecular formula is C19H22N6O2. The van der Waals surface area contributed by atoms with Crippen molar-refractivity contribution >= 4 is 11.8 Å². The Hall–Kier alpha value is -3.00. The van der Waals surface area contributed by atoms with Crippen molar-refractivity contribution < 1.29 is 9.32 Å². The molecule has 1 amide bonds. The van der Waals surface area contributed by atoms with Crippen LogP contribution in [0.4, 0.5) is 5.88 Å². The molecule has 0 spiro atoms. The van der Waals surface area contributed by atoms with Crippen LogP contribution in [0.2, 0.25) is 0 Å². The molecular weight excluding hydrogens is 344 g/mol. The average Bonchev–Trinajstić information content (AvgIpc) is 3.31. The van der Waals surface area contributed by atoms with Gasteiger partial charge in [-0.05, 0) is 32.6 Å². The van der Waals surface area contributed by atoms with Gasteiger partial charge in [-0.3, -0.25) is 10.1 Å². The van der Waals surface area contributed by atoms with Crippen LogP contribution in [0.25, 0.3) is 11.3 Å². The minimum atomic E-state index is -0.368. The van der Waals surface area contributed by atoms with Gasteiger partial charge >= 0.3 is 0 Å². The largest absolute Gasteiger partial charge is 0.338 e. The van der Waals surface area contributed by atoms with Crippen molar-refractivity contribution in [2.45, 2.75) is 44.7 Å². The Labute approximate surface area is 156 Å². The maximum absolute atomic E-state index is 12.5. The smallest absolute Gasteiger partial charge is 0.280 e. The molecule has 0 saturated heterocycles. The standard InChI is InChI=1S/C19H22N6O2/c1-12-17(13-5-3-2-4-6-13)23-27-19(12)21-18(26)16-11-25(24-22-16)15-9-7-14(20)8-10-15/h2-6,11,14-15H,7-10,20H2,1H3,(H,21,26). The summed E-state index contributed by atoms with van der Waals surface area (Å²) >= 11 is 0. The molecule has 0 unspecified atom stereocenters. The van der Waals surface area contributed by atoms with Crippen molar-refractivity contribution in [1.82, 2.24) is 20.2 Å². The molecule has 0 aliphatic heterocycles. The number of nitrogens with zero attached hydrogens (tertiary/aromatic N) is 4. The van der Waals surface area contributed by atoms with E-state index >= 15 is 0 Å². The lowest BCUT2D eigenvalue weighted by molar-refractivity contribution is 0.101. The van der Waals surface area contributed by atoms with Gasteiger partial charge in [-0.25, -0.2) is 4.68 Å². The maximum Gasteiger partial charge on any atom is 0.280 e. The van der Waals surface area contributed by atoms with Gasteiger partial charge in [-0.2, -0.15) is 0 Å². The number of carbonyl (C=O) groups excluding carboxylic acids is 1. The lowest BCUT2D eigenvalue weighted by Gasteiger charge is -2.25. The Balaban J connectivity index is 1.46. The zero-order valence-corrected chi connectivity index (χ0v) is 15.1. The molecule has 3 N–H and O–H groups in total.